The van der Waals surface area contributed by atoms with E-state index in [1.807, 2.05) is 50.2 Å². The standard InChI is InChI=1S/C25H24N2O2S/c1-15-5-10-22-23(14-15)30-25(27-22)19-6-8-20(9-7-19)26-24(28)18(4)29-21-12-16(2)11-17(3)13-21/h5-14,18H,1-4H3,(H,26,28). The van der Waals surface area contributed by atoms with E-state index in [0.717, 1.165) is 32.9 Å². The van der Waals surface area contributed by atoms with Crippen LogP contribution in [0.15, 0.2) is 60.7 Å². The van der Waals surface area contributed by atoms with Gasteiger partial charge in [-0.3, -0.25) is 4.79 Å². The van der Waals surface area contributed by atoms with Gasteiger partial charge < -0.3 is 10.1 Å². The fraction of sp³-hybridized carbons (Fsp3) is 0.200. The molecule has 1 atom stereocenters. The molecule has 1 N–H and O–H groups in total. The zero-order chi connectivity index (χ0) is 21.3. The molecule has 3 aromatic carbocycles. The van der Waals surface area contributed by atoms with Crippen molar-refractivity contribution in [2.75, 3.05) is 5.32 Å². The van der Waals surface area contributed by atoms with Gasteiger partial charge in [-0.05, 0) is 92.9 Å². The lowest BCUT2D eigenvalue weighted by atomic mass is 10.1. The fourth-order valence-electron chi connectivity index (χ4n) is 3.35. The SMILES string of the molecule is Cc1cc(C)cc(OC(C)C(=O)Nc2ccc(-c3nc4ccc(C)cc4s3)cc2)c1. The number of carbonyl (C=O) groups excluding carboxylic acids is 1. The molecule has 5 heteroatoms. The predicted octanol–water partition coefficient (Wildman–Crippen LogP) is 6.29. The summed E-state index contributed by atoms with van der Waals surface area (Å²) >= 11 is 1.67. The molecule has 0 aliphatic heterocycles. The molecule has 4 aromatic rings. The van der Waals surface area contributed by atoms with Crippen LogP contribution in [0.2, 0.25) is 0 Å². The van der Waals surface area contributed by atoms with E-state index in [0.29, 0.717) is 5.75 Å². The van der Waals surface area contributed by atoms with Crippen LogP contribution in [0.5, 0.6) is 5.75 Å². The molecule has 0 aliphatic carbocycles. The van der Waals surface area contributed by atoms with Crippen LogP contribution >= 0.6 is 11.3 Å². The molecule has 0 saturated carbocycles. The third-order valence-electron chi connectivity index (χ3n) is 4.82. The van der Waals surface area contributed by atoms with Gasteiger partial charge in [-0.25, -0.2) is 4.98 Å². The summed E-state index contributed by atoms with van der Waals surface area (Å²) in [6.45, 7) is 7.86. The number of anilines is 1. The number of aryl methyl sites for hydroxylation is 3. The highest BCUT2D eigenvalue weighted by Crippen LogP contribution is 2.31. The van der Waals surface area contributed by atoms with Crippen molar-refractivity contribution in [3.63, 3.8) is 0 Å². The van der Waals surface area contributed by atoms with E-state index in [2.05, 4.69) is 36.5 Å². The van der Waals surface area contributed by atoms with Crippen molar-refractivity contribution in [3.05, 3.63) is 77.4 Å². The Morgan fingerprint density at radius 1 is 0.933 bits per heavy atom. The van der Waals surface area contributed by atoms with E-state index in [1.54, 1.807) is 18.3 Å². The number of benzene rings is 3. The Morgan fingerprint density at radius 2 is 1.63 bits per heavy atom. The van der Waals surface area contributed by atoms with Crippen molar-refractivity contribution in [2.45, 2.75) is 33.8 Å². The van der Waals surface area contributed by atoms with E-state index in [-0.39, 0.29) is 5.91 Å². The highest BCUT2D eigenvalue weighted by atomic mass is 32.1. The van der Waals surface area contributed by atoms with Gasteiger partial charge in [-0.2, -0.15) is 0 Å². The normalized spacial score (nSPS) is 12.0. The van der Waals surface area contributed by atoms with E-state index in [4.69, 9.17) is 9.72 Å². The van der Waals surface area contributed by atoms with Crippen LogP contribution in [-0.4, -0.2) is 17.0 Å². The first-order chi connectivity index (χ1) is 14.4. The molecule has 1 aromatic heterocycles. The van der Waals surface area contributed by atoms with Gasteiger partial charge in [0.15, 0.2) is 6.10 Å². The molecule has 0 aliphatic rings. The number of hydrogen-bond donors (Lipinski definition) is 1. The Hall–Kier alpha value is -3.18. The molecule has 0 spiro atoms. The second-order valence-electron chi connectivity index (χ2n) is 7.64. The number of rotatable bonds is 5. The number of hydrogen-bond acceptors (Lipinski definition) is 4. The molecule has 152 valence electrons. The first kappa shape index (κ1) is 20.1. The van der Waals surface area contributed by atoms with Gasteiger partial charge in [0.1, 0.15) is 10.8 Å². The molecular weight excluding hydrogens is 392 g/mol. The third-order valence-corrected chi connectivity index (χ3v) is 5.89. The largest absolute Gasteiger partial charge is 0.481 e. The van der Waals surface area contributed by atoms with Crippen molar-refractivity contribution in [2.24, 2.45) is 0 Å². The number of amides is 1. The van der Waals surface area contributed by atoms with Gasteiger partial charge in [0.05, 0.1) is 10.2 Å². The number of nitrogens with zero attached hydrogens (tertiary/aromatic N) is 1. The molecule has 0 bridgehead atoms. The summed E-state index contributed by atoms with van der Waals surface area (Å²) in [4.78, 5) is 17.3. The van der Waals surface area contributed by atoms with Crippen LogP contribution in [0.4, 0.5) is 5.69 Å². The number of ether oxygens (including phenoxy) is 1. The Kier molecular flexibility index (Phi) is 5.55. The summed E-state index contributed by atoms with van der Waals surface area (Å²) in [5.41, 5.74) is 6.22. The molecular formula is C25H24N2O2S. The number of thiazole rings is 1. The van der Waals surface area contributed by atoms with Crippen molar-refractivity contribution in [1.82, 2.24) is 4.98 Å². The van der Waals surface area contributed by atoms with Crippen LogP contribution in [0.25, 0.3) is 20.8 Å². The van der Waals surface area contributed by atoms with E-state index in [9.17, 15) is 4.79 Å². The molecule has 0 fully saturated rings. The Labute approximate surface area is 180 Å². The molecule has 1 amide bonds. The van der Waals surface area contributed by atoms with Gasteiger partial charge in [-0.1, -0.05) is 12.1 Å². The maximum absolute atomic E-state index is 12.5. The van der Waals surface area contributed by atoms with Crippen molar-refractivity contribution in [1.29, 1.82) is 0 Å². The second kappa shape index (κ2) is 8.28. The molecule has 0 saturated heterocycles. The van der Waals surface area contributed by atoms with Crippen molar-refractivity contribution >= 4 is 33.1 Å². The van der Waals surface area contributed by atoms with Crippen molar-refractivity contribution in [3.8, 4) is 16.3 Å². The minimum Gasteiger partial charge on any atom is -0.481 e. The van der Waals surface area contributed by atoms with Crippen molar-refractivity contribution < 1.29 is 9.53 Å². The van der Waals surface area contributed by atoms with E-state index < -0.39 is 6.10 Å². The first-order valence-electron chi connectivity index (χ1n) is 9.91. The molecule has 30 heavy (non-hydrogen) atoms. The molecule has 1 unspecified atom stereocenters. The van der Waals surface area contributed by atoms with Crippen LogP contribution in [0.1, 0.15) is 23.6 Å². The molecule has 4 rings (SSSR count). The van der Waals surface area contributed by atoms with Gasteiger partial charge in [-0.15, -0.1) is 11.3 Å². The lowest BCUT2D eigenvalue weighted by Gasteiger charge is -2.16. The summed E-state index contributed by atoms with van der Waals surface area (Å²) in [6.07, 6.45) is -0.599. The summed E-state index contributed by atoms with van der Waals surface area (Å²) in [6, 6.07) is 20.0. The van der Waals surface area contributed by atoms with E-state index in [1.165, 1.54) is 10.3 Å². The highest BCUT2D eigenvalue weighted by molar-refractivity contribution is 7.21. The number of carbonyl (C=O) groups is 1. The van der Waals surface area contributed by atoms with Crippen LogP contribution < -0.4 is 10.1 Å². The first-order valence-corrected chi connectivity index (χ1v) is 10.7. The summed E-state index contributed by atoms with van der Waals surface area (Å²) in [5, 5.41) is 3.90. The number of nitrogens with one attached hydrogen (secondary N) is 1. The average molecular weight is 417 g/mol. The fourth-order valence-corrected chi connectivity index (χ4v) is 4.42. The molecule has 4 nitrogen and oxygen atoms in total. The predicted molar refractivity (Wildman–Crippen MR) is 124 cm³/mol. The highest BCUT2D eigenvalue weighted by Gasteiger charge is 2.15. The second-order valence-corrected chi connectivity index (χ2v) is 8.67. The maximum atomic E-state index is 12.5. The van der Waals surface area contributed by atoms with Crippen LogP contribution in [0.3, 0.4) is 0 Å². The number of fused-ring (bicyclic) bond motifs is 1. The monoisotopic (exact) mass is 416 g/mol. The minimum absolute atomic E-state index is 0.183. The molecule has 1 heterocycles. The zero-order valence-electron chi connectivity index (χ0n) is 17.5. The third kappa shape index (κ3) is 4.52. The molecule has 0 radical (unpaired) electrons. The number of aromatic nitrogens is 1. The van der Waals surface area contributed by atoms with Crippen LogP contribution in [0, 0.1) is 20.8 Å². The maximum Gasteiger partial charge on any atom is 0.265 e. The Balaban J connectivity index is 1.43. The summed E-state index contributed by atoms with van der Waals surface area (Å²) in [7, 11) is 0. The Bertz CT molecular complexity index is 1190. The van der Waals surface area contributed by atoms with Gasteiger partial charge in [0.2, 0.25) is 0 Å². The van der Waals surface area contributed by atoms with Gasteiger partial charge in [0.25, 0.3) is 5.91 Å². The van der Waals surface area contributed by atoms with E-state index >= 15 is 0 Å². The van der Waals surface area contributed by atoms with Gasteiger partial charge in [0, 0.05) is 11.3 Å². The summed E-state index contributed by atoms with van der Waals surface area (Å²) in [5.74, 6) is 0.522. The van der Waals surface area contributed by atoms with Gasteiger partial charge >= 0.3 is 0 Å². The topological polar surface area (TPSA) is 51.2 Å². The summed E-state index contributed by atoms with van der Waals surface area (Å²) < 4.78 is 7.01. The zero-order valence-corrected chi connectivity index (χ0v) is 18.3. The van der Waals surface area contributed by atoms with Crippen LogP contribution in [-0.2, 0) is 4.79 Å². The quantitative estimate of drug-likeness (QED) is 0.416. The lowest BCUT2D eigenvalue weighted by molar-refractivity contribution is -0.122. The average Bonchev–Trinajstić information content (AvgIpc) is 3.10. The lowest BCUT2D eigenvalue weighted by Crippen LogP contribution is -2.30. The Morgan fingerprint density at radius 3 is 2.33 bits per heavy atom. The smallest absolute Gasteiger partial charge is 0.265 e. The minimum atomic E-state index is -0.599.